The van der Waals surface area contributed by atoms with Crippen molar-refractivity contribution in [2.75, 3.05) is 12.5 Å². The van der Waals surface area contributed by atoms with Crippen LogP contribution in [-0.4, -0.2) is 50.9 Å². The van der Waals surface area contributed by atoms with E-state index in [0.29, 0.717) is 17.0 Å². The summed E-state index contributed by atoms with van der Waals surface area (Å²) in [6.45, 7) is 0.102. The molecule has 0 bridgehead atoms. The van der Waals surface area contributed by atoms with Crippen LogP contribution >= 0.6 is 0 Å². The zero-order valence-electron chi connectivity index (χ0n) is 22.7. The Balaban J connectivity index is 1.37. The second-order valence-corrected chi connectivity index (χ2v) is 10.3. The number of nitrogens with zero attached hydrogens (tertiary/aromatic N) is 3. The number of benzene rings is 4. The summed E-state index contributed by atoms with van der Waals surface area (Å²) in [7, 11) is 1.51. The molecule has 0 spiro atoms. The Morgan fingerprint density at radius 3 is 2.40 bits per heavy atom. The van der Waals surface area contributed by atoms with Gasteiger partial charge in [-0.15, -0.1) is 0 Å². The van der Waals surface area contributed by atoms with Crippen LogP contribution in [0, 0.1) is 16.0 Å². The number of imide groups is 1. The van der Waals surface area contributed by atoms with Crippen LogP contribution in [0.5, 0.6) is 5.75 Å². The number of likely N-dealkylation sites (tertiary alicyclic amines) is 1. The van der Waals surface area contributed by atoms with E-state index in [1.54, 1.807) is 41.4 Å². The second kappa shape index (κ2) is 11.1. The summed E-state index contributed by atoms with van der Waals surface area (Å²) < 4.78 is 5.47. The van der Waals surface area contributed by atoms with E-state index in [0.717, 1.165) is 16.3 Å². The van der Waals surface area contributed by atoms with Crippen molar-refractivity contribution in [3.8, 4) is 5.75 Å². The Bertz CT molecular complexity index is 1700. The zero-order valence-corrected chi connectivity index (χ0v) is 22.7. The number of non-ortho nitro benzene ring substituents is 1. The van der Waals surface area contributed by atoms with Crippen LogP contribution in [0.15, 0.2) is 103 Å². The fraction of sp³-hybridized carbons (Fsp3) is 0.188. The van der Waals surface area contributed by atoms with Gasteiger partial charge in [0.25, 0.3) is 5.69 Å². The minimum Gasteiger partial charge on any atom is -0.496 e. The van der Waals surface area contributed by atoms with Gasteiger partial charge in [0.05, 0.1) is 30.5 Å². The molecule has 212 valence electrons. The molecule has 4 aromatic carbocycles. The number of anilines is 1. The quantitative estimate of drug-likeness (QED) is 0.138. The van der Waals surface area contributed by atoms with E-state index >= 15 is 0 Å². The first-order valence-corrected chi connectivity index (χ1v) is 13.5. The molecule has 4 atom stereocenters. The van der Waals surface area contributed by atoms with Crippen LogP contribution in [0.2, 0.25) is 0 Å². The Labute approximate surface area is 241 Å². The number of carbonyl (C=O) groups excluding carboxylic acids is 2. The monoisotopic (exact) mass is 564 g/mol. The van der Waals surface area contributed by atoms with Crippen molar-refractivity contribution in [1.82, 2.24) is 9.91 Å². The highest BCUT2D eigenvalue weighted by atomic mass is 16.6. The molecule has 10 heteroatoms. The van der Waals surface area contributed by atoms with E-state index in [9.17, 15) is 24.8 Å². The Kier molecular flexibility index (Phi) is 7.15. The lowest BCUT2D eigenvalue weighted by atomic mass is 9.90. The van der Waals surface area contributed by atoms with Crippen LogP contribution in [0.3, 0.4) is 0 Å². The molecule has 0 saturated carbocycles. The van der Waals surface area contributed by atoms with E-state index in [4.69, 9.17) is 4.74 Å². The summed E-state index contributed by atoms with van der Waals surface area (Å²) in [4.78, 5) is 39.7. The van der Waals surface area contributed by atoms with Crippen LogP contribution in [0.1, 0.15) is 17.2 Å². The van der Waals surface area contributed by atoms with E-state index in [2.05, 4.69) is 5.43 Å². The molecule has 2 aliphatic heterocycles. The number of nitro benzene ring substituents is 1. The molecule has 0 aliphatic carbocycles. The van der Waals surface area contributed by atoms with Gasteiger partial charge in [-0.1, -0.05) is 72.8 Å². The number of hydrogen-bond donors (Lipinski definition) is 2. The fourth-order valence-corrected chi connectivity index (χ4v) is 5.79. The van der Waals surface area contributed by atoms with Crippen LogP contribution in [-0.2, 0) is 16.1 Å². The highest BCUT2D eigenvalue weighted by Crippen LogP contribution is 2.39. The van der Waals surface area contributed by atoms with Crippen molar-refractivity contribution >= 4 is 34.0 Å². The van der Waals surface area contributed by atoms with Crippen molar-refractivity contribution in [3.05, 3.63) is 124 Å². The van der Waals surface area contributed by atoms with Gasteiger partial charge in [0.1, 0.15) is 17.9 Å². The van der Waals surface area contributed by atoms with Gasteiger partial charge in [-0.2, -0.15) is 0 Å². The first kappa shape index (κ1) is 27.1. The van der Waals surface area contributed by atoms with Crippen LogP contribution in [0.4, 0.5) is 11.4 Å². The lowest BCUT2D eigenvalue weighted by Gasteiger charge is -2.40. The summed E-state index contributed by atoms with van der Waals surface area (Å²) in [5.41, 5.74) is 4.90. The predicted molar refractivity (Wildman–Crippen MR) is 156 cm³/mol. The highest BCUT2D eigenvalue weighted by molar-refractivity contribution is 6.08. The number of nitro groups is 1. The van der Waals surface area contributed by atoms with Crippen molar-refractivity contribution in [2.24, 2.45) is 5.92 Å². The largest absolute Gasteiger partial charge is 0.496 e. The maximum atomic E-state index is 14.1. The van der Waals surface area contributed by atoms with Crippen molar-refractivity contribution in [2.45, 2.75) is 24.7 Å². The number of para-hydroxylation sites is 1. The van der Waals surface area contributed by atoms with E-state index in [-0.39, 0.29) is 18.1 Å². The summed E-state index contributed by atoms with van der Waals surface area (Å²) in [6, 6.07) is 24.6. The number of fused-ring (bicyclic) bond motifs is 2. The van der Waals surface area contributed by atoms with Crippen molar-refractivity contribution < 1.29 is 24.4 Å². The maximum Gasteiger partial charge on any atom is 0.269 e. The minimum absolute atomic E-state index is 0.0871. The van der Waals surface area contributed by atoms with Crippen LogP contribution in [0.25, 0.3) is 10.8 Å². The van der Waals surface area contributed by atoms with Gasteiger partial charge in [-0.05, 0) is 34.5 Å². The first-order chi connectivity index (χ1) is 20.4. The molecule has 10 nitrogen and oxygen atoms in total. The van der Waals surface area contributed by atoms with Gasteiger partial charge < -0.3 is 15.3 Å². The fourth-order valence-electron chi connectivity index (χ4n) is 5.79. The normalized spacial score (nSPS) is 20.9. The number of hydrogen-bond acceptors (Lipinski definition) is 8. The number of carbonyl (C=O) groups is 2. The average molecular weight is 565 g/mol. The number of ether oxygens (including phenoxy) is 1. The topological polar surface area (TPSA) is 125 Å². The molecule has 0 radical (unpaired) electrons. The van der Waals surface area contributed by atoms with Crippen LogP contribution < -0.4 is 10.2 Å². The SMILES string of the molecule is COc1ccccc1[C@@H](O)[C@@H]1C=C[C@H]2C(=O)N(Cc3cccc4ccccc34)C(=O)[C@H]2N1Nc1ccc([N+](=O)[O-])cc1. The van der Waals surface area contributed by atoms with Gasteiger partial charge in [-0.3, -0.25) is 24.6 Å². The van der Waals surface area contributed by atoms with E-state index < -0.39 is 34.9 Å². The van der Waals surface area contributed by atoms with E-state index in [1.165, 1.54) is 36.3 Å². The Morgan fingerprint density at radius 1 is 0.929 bits per heavy atom. The molecular weight excluding hydrogens is 536 g/mol. The maximum absolute atomic E-state index is 14.1. The first-order valence-electron chi connectivity index (χ1n) is 13.5. The lowest BCUT2D eigenvalue weighted by Crippen LogP contribution is -2.55. The second-order valence-electron chi connectivity index (χ2n) is 10.3. The molecule has 2 aliphatic rings. The zero-order chi connectivity index (χ0) is 29.4. The van der Waals surface area contributed by atoms with Gasteiger partial charge in [-0.25, -0.2) is 5.01 Å². The number of aliphatic hydroxyl groups excluding tert-OH is 1. The summed E-state index contributed by atoms with van der Waals surface area (Å²) in [5.74, 6) is -1.06. The highest BCUT2D eigenvalue weighted by Gasteiger charge is 2.53. The number of methoxy groups -OCH3 is 1. The molecule has 2 amide bonds. The summed E-state index contributed by atoms with van der Waals surface area (Å²) >= 11 is 0. The molecule has 0 aromatic heterocycles. The molecule has 0 unspecified atom stereocenters. The van der Waals surface area contributed by atoms with E-state index in [1.807, 2.05) is 42.5 Å². The number of rotatable bonds is 8. The molecule has 1 saturated heterocycles. The number of nitrogens with one attached hydrogen (secondary N) is 1. The lowest BCUT2D eigenvalue weighted by molar-refractivity contribution is -0.384. The molecule has 42 heavy (non-hydrogen) atoms. The predicted octanol–water partition coefficient (Wildman–Crippen LogP) is 4.61. The third-order valence-electron chi connectivity index (χ3n) is 7.87. The minimum atomic E-state index is -1.14. The van der Waals surface area contributed by atoms with Gasteiger partial charge in [0.15, 0.2) is 0 Å². The standard InChI is InChI=1S/C32H28N4O6/c1-42-28-12-5-4-11-25(28)30(37)27-18-17-26-29(35(27)33-22-13-15-23(16-14-22)36(40)41)32(39)34(31(26)38)19-21-9-6-8-20-7-2-3-10-24(20)21/h2-18,26-27,29-30,33,37H,19H2,1H3/t26-,27+,29+,30-/m1/s1. The van der Waals surface area contributed by atoms with Crippen molar-refractivity contribution in [3.63, 3.8) is 0 Å². The summed E-state index contributed by atoms with van der Waals surface area (Å²) in [5, 5.41) is 26.3. The number of aliphatic hydroxyl groups is 1. The molecule has 6 rings (SSSR count). The molecular formula is C32H28N4O6. The van der Waals surface area contributed by atoms with Gasteiger partial charge in [0.2, 0.25) is 11.8 Å². The third-order valence-corrected chi connectivity index (χ3v) is 7.87. The molecule has 1 fully saturated rings. The Hall–Kier alpha value is -5.06. The molecule has 2 heterocycles. The number of hydrazine groups is 1. The number of amides is 2. The average Bonchev–Trinajstić information content (AvgIpc) is 3.26. The van der Waals surface area contributed by atoms with Gasteiger partial charge >= 0.3 is 0 Å². The molecule has 2 N–H and O–H groups in total. The summed E-state index contributed by atoms with van der Waals surface area (Å²) in [6.07, 6.45) is 2.26. The third kappa shape index (κ3) is 4.76. The van der Waals surface area contributed by atoms with Crippen molar-refractivity contribution in [1.29, 1.82) is 0 Å². The molecule has 4 aromatic rings. The Morgan fingerprint density at radius 2 is 1.64 bits per heavy atom. The van der Waals surface area contributed by atoms with Gasteiger partial charge in [0, 0.05) is 23.4 Å². The smallest absolute Gasteiger partial charge is 0.269 e.